The molecule has 5 nitrogen and oxygen atoms in total. The smallest absolute Gasteiger partial charge is 0.213 e. The van der Waals surface area contributed by atoms with Gasteiger partial charge in [-0.15, -0.1) is 0 Å². The number of ether oxygens (including phenoxy) is 1. The van der Waals surface area contributed by atoms with Crippen LogP contribution in [0.4, 0.5) is 0 Å². The van der Waals surface area contributed by atoms with Crippen molar-refractivity contribution in [2.45, 2.75) is 51.8 Å². The summed E-state index contributed by atoms with van der Waals surface area (Å²) in [6.45, 7) is 7.14. The van der Waals surface area contributed by atoms with Crippen LogP contribution in [0.1, 0.15) is 33.6 Å². The molecule has 1 fully saturated rings. The molecule has 17 heavy (non-hydrogen) atoms. The highest BCUT2D eigenvalue weighted by molar-refractivity contribution is 7.89. The van der Waals surface area contributed by atoms with Gasteiger partial charge in [0.15, 0.2) is 0 Å². The fourth-order valence-electron chi connectivity index (χ4n) is 1.83. The summed E-state index contributed by atoms with van der Waals surface area (Å²) < 4.78 is 31.5. The zero-order valence-electron chi connectivity index (χ0n) is 10.9. The molecule has 0 radical (unpaired) electrons. The third kappa shape index (κ3) is 5.81. The summed E-state index contributed by atoms with van der Waals surface area (Å²) in [5, 5.41) is 3.10. The number of sulfonamides is 1. The highest BCUT2D eigenvalue weighted by Crippen LogP contribution is 2.23. The Morgan fingerprint density at radius 3 is 2.53 bits per heavy atom. The molecular formula is C11H24N2O3S. The number of rotatable bonds is 8. The molecule has 0 aromatic carbocycles. The van der Waals surface area contributed by atoms with Crippen molar-refractivity contribution < 1.29 is 13.2 Å². The van der Waals surface area contributed by atoms with Crippen LogP contribution in [0.3, 0.4) is 0 Å². The monoisotopic (exact) mass is 264 g/mol. The molecule has 0 unspecified atom stereocenters. The van der Waals surface area contributed by atoms with Gasteiger partial charge >= 0.3 is 0 Å². The van der Waals surface area contributed by atoms with Gasteiger partial charge in [0.05, 0.1) is 11.9 Å². The largest absolute Gasteiger partial charge is 0.378 e. The number of nitrogens with one attached hydrogen (secondary N) is 2. The van der Waals surface area contributed by atoms with Gasteiger partial charge < -0.3 is 10.1 Å². The molecule has 0 spiro atoms. The maximum atomic E-state index is 11.7. The normalized spacial score (nSPS) is 24.9. The van der Waals surface area contributed by atoms with Crippen LogP contribution < -0.4 is 10.0 Å². The fraction of sp³-hybridized carbons (Fsp3) is 1.00. The van der Waals surface area contributed by atoms with E-state index in [4.69, 9.17) is 4.74 Å². The Kier molecular flexibility index (Phi) is 5.85. The second kappa shape index (κ2) is 6.68. The van der Waals surface area contributed by atoms with E-state index in [1.807, 2.05) is 20.8 Å². The van der Waals surface area contributed by atoms with Crippen molar-refractivity contribution in [3.8, 4) is 0 Å². The first-order chi connectivity index (χ1) is 7.93. The lowest BCUT2D eigenvalue weighted by Gasteiger charge is -2.35. The molecule has 1 rings (SSSR count). The molecule has 102 valence electrons. The summed E-state index contributed by atoms with van der Waals surface area (Å²) >= 11 is 0. The van der Waals surface area contributed by atoms with Gasteiger partial charge in [0.1, 0.15) is 0 Å². The molecule has 0 aliphatic heterocycles. The molecule has 2 N–H and O–H groups in total. The van der Waals surface area contributed by atoms with Gasteiger partial charge in [-0.1, -0.05) is 13.8 Å². The number of hydrogen-bond acceptors (Lipinski definition) is 4. The number of hydrogen-bond donors (Lipinski definition) is 2. The van der Waals surface area contributed by atoms with Crippen LogP contribution >= 0.6 is 0 Å². The Balaban J connectivity index is 2.18. The van der Waals surface area contributed by atoms with Crippen molar-refractivity contribution in [3.05, 3.63) is 0 Å². The van der Waals surface area contributed by atoms with Gasteiger partial charge in [-0.05, 0) is 19.8 Å². The second-order valence-corrected chi connectivity index (χ2v) is 6.66. The SMILES string of the molecule is CCOC1CC(NS(=O)(=O)CCNC(C)C)C1. The van der Waals surface area contributed by atoms with Gasteiger partial charge in [-0.2, -0.15) is 0 Å². The molecule has 0 saturated heterocycles. The van der Waals surface area contributed by atoms with Crippen molar-refractivity contribution in [2.24, 2.45) is 0 Å². The van der Waals surface area contributed by atoms with Crippen molar-refractivity contribution in [2.75, 3.05) is 18.9 Å². The molecule has 0 bridgehead atoms. The lowest BCUT2D eigenvalue weighted by Crippen LogP contribution is -2.49. The molecule has 0 aromatic heterocycles. The van der Waals surface area contributed by atoms with Crippen LogP contribution in [0.25, 0.3) is 0 Å². The van der Waals surface area contributed by atoms with Crippen LogP contribution in [0.5, 0.6) is 0 Å². The van der Waals surface area contributed by atoms with Crippen molar-refractivity contribution in [1.82, 2.24) is 10.0 Å². The zero-order chi connectivity index (χ0) is 12.9. The van der Waals surface area contributed by atoms with Gasteiger partial charge in [0, 0.05) is 25.2 Å². The average Bonchev–Trinajstić information content (AvgIpc) is 2.13. The van der Waals surface area contributed by atoms with E-state index in [0.29, 0.717) is 19.2 Å². The van der Waals surface area contributed by atoms with E-state index < -0.39 is 10.0 Å². The molecule has 6 heteroatoms. The van der Waals surface area contributed by atoms with E-state index in [-0.39, 0.29) is 17.9 Å². The van der Waals surface area contributed by atoms with Crippen LogP contribution in [0.2, 0.25) is 0 Å². The molecule has 0 aromatic rings. The van der Waals surface area contributed by atoms with Gasteiger partial charge in [0.25, 0.3) is 0 Å². The highest BCUT2D eigenvalue weighted by atomic mass is 32.2. The lowest BCUT2D eigenvalue weighted by molar-refractivity contribution is -0.00475. The van der Waals surface area contributed by atoms with E-state index in [1.165, 1.54) is 0 Å². The summed E-state index contributed by atoms with van der Waals surface area (Å²) in [5.74, 6) is 0.140. The Hall–Kier alpha value is -0.170. The first-order valence-electron chi connectivity index (χ1n) is 6.28. The Morgan fingerprint density at radius 1 is 1.35 bits per heavy atom. The van der Waals surface area contributed by atoms with Crippen LogP contribution in [-0.4, -0.2) is 45.5 Å². The summed E-state index contributed by atoms with van der Waals surface area (Å²) in [6, 6.07) is 0.381. The minimum Gasteiger partial charge on any atom is -0.378 e. The fourth-order valence-corrected chi connectivity index (χ4v) is 3.03. The van der Waals surface area contributed by atoms with Crippen molar-refractivity contribution in [3.63, 3.8) is 0 Å². The Morgan fingerprint density at radius 2 is 2.00 bits per heavy atom. The van der Waals surface area contributed by atoms with Crippen molar-refractivity contribution in [1.29, 1.82) is 0 Å². The summed E-state index contributed by atoms with van der Waals surface area (Å²) in [7, 11) is -3.14. The zero-order valence-corrected chi connectivity index (χ0v) is 11.7. The minimum atomic E-state index is -3.14. The molecule has 0 atom stereocenters. The van der Waals surface area contributed by atoms with E-state index in [1.54, 1.807) is 0 Å². The summed E-state index contributed by atoms with van der Waals surface area (Å²) in [5.41, 5.74) is 0. The quantitative estimate of drug-likeness (QED) is 0.669. The van der Waals surface area contributed by atoms with Crippen LogP contribution in [-0.2, 0) is 14.8 Å². The maximum Gasteiger partial charge on any atom is 0.213 e. The Labute approximate surface area is 104 Å². The van der Waals surface area contributed by atoms with E-state index in [0.717, 1.165) is 12.8 Å². The predicted octanol–water partition coefficient (Wildman–Crippen LogP) is 0.471. The average molecular weight is 264 g/mol. The standard InChI is InChI=1S/C11H24N2O3S/c1-4-16-11-7-10(8-11)13-17(14,15)6-5-12-9(2)3/h9-13H,4-8H2,1-3H3. The highest BCUT2D eigenvalue weighted by Gasteiger charge is 2.32. The third-order valence-electron chi connectivity index (χ3n) is 2.77. The van der Waals surface area contributed by atoms with Gasteiger partial charge in [0.2, 0.25) is 10.0 Å². The summed E-state index contributed by atoms with van der Waals surface area (Å²) in [6.07, 6.45) is 1.83. The molecule has 1 aliphatic rings. The molecule has 1 saturated carbocycles. The van der Waals surface area contributed by atoms with Crippen molar-refractivity contribution >= 4 is 10.0 Å². The topological polar surface area (TPSA) is 67.4 Å². The van der Waals surface area contributed by atoms with E-state index in [9.17, 15) is 8.42 Å². The molecule has 0 amide bonds. The third-order valence-corrected chi connectivity index (χ3v) is 4.20. The minimum absolute atomic E-state index is 0.0654. The summed E-state index contributed by atoms with van der Waals surface area (Å²) in [4.78, 5) is 0. The van der Waals surface area contributed by atoms with Crippen LogP contribution in [0.15, 0.2) is 0 Å². The van der Waals surface area contributed by atoms with Gasteiger partial charge in [-0.25, -0.2) is 13.1 Å². The molecule has 0 heterocycles. The van der Waals surface area contributed by atoms with E-state index >= 15 is 0 Å². The maximum absolute atomic E-state index is 11.7. The molecular weight excluding hydrogens is 240 g/mol. The van der Waals surface area contributed by atoms with E-state index in [2.05, 4.69) is 10.0 Å². The first kappa shape index (κ1) is 14.9. The second-order valence-electron chi connectivity index (χ2n) is 4.79. The predicted molar refractivity (Wildman–Crippen MR) is 68.5 cm³/mol. The molecule has 1 aliphatic carbocycles. The van der Waals surface area contributed by atoms with Crippen LogP contribution in [0, 0.1) is 0 Å². The van der Waals surface area contributed by atoms with Gasteiger partial charge in [-0.3, -0.25) is 0 Å². The first-order valence-corrected chi connectivity index (χ1v) is 7.93. The Bertz CT molecular complexity index is 311. The lowest BCUT2D eigenvalue weighted by atomic mass is 9.90.